The standard InChI is InChI=1S/C4H4N2.C3H2N2.CH3I/c1-4(2-5)3-6;4-2-1-3-5;1-2/h4H,1H3;1H2;1H3. The smallest absolute Gasteiger partial charge is 0.130 e. The predicted octanol–water partition coefficient (Wildman–Crippen LogP) is 2.14. The van der Waals surface area contributed by atoms with Crippen molar-refractivity contribution in [3.63, 3.8) is 0 Å². The lowest BCUT2D eigenvalue weighted by atomic mass is 10.2. The van der Waals surface area contributed by atoms with Crippen LogP contribution in [0.2, 0.25) is 0 Å². The lowest BCUT2D eigenvalue weighted by molar-refractivity contribution is 0.972. The summed E-state index contributed by atoms with van der Waals surface area (Å²) < 4.78 is 0. The van der Waals surface area contributed by atoms with Crippen LogP contribution in [-0.4, -0.2) is 4.93 Å². The van der Waals surface area contributed by atoms with E-state index in [2.05, 4.69) is 22.6 Å². The highest BCUT2D eigenvalue weighted by molar-refractivity contribution is 14.1. The maximum absolute atomic E-state index is 7.86. The van der Waals surface area contributed by atoms with E-state index in [9.17, 15) is 0 Å². The molecule has 0 N–H and O–H groups in total. The van der Waals surface area contributed by atoms with E-state index < -0.39 is 5.92 Å². The Kier molecular flexibility index (Phi) is 30.5. The van der Waals surface area contributed by atoms with Gasteiger partial charge < -0.3 is 0 Å². The molecule has 0 aliphatic carbocycles. The van der Waals surface area contributed by atoms with E-state index in [1.165, 1.54) is 0 Å². The van der Waals surface area contributed by atoms with Crippen LogP contribution in [0.25, 0.3) is 0 Å². The minimum absolute atomic E-state index is 0. The highest BCUT2D eigenvalue weighted by Gasteiger charge is 1.88. The number of halogens is 1. The second-order valence-electron chi connectivity index (χ2n) is 1.47. The maximum Gasteiger partial charge on any atom is 0.130 e. The third-order valence-corrected chi connectivity index (χ3v) is 0.545. The molecule has 0 aromatic rings. The van der Waals surface area contributed by atoms with Crippen LogP contribution in [0, 0.1) is 51.2 Å². The molecule has 0 atom stereocenters. The molecule has 0 fully saturated rings. The summed E-state index contributed by atoms with van der Waals surface area (Å²) in [6.45, 7) is 1.56. The third kappa shape index (κ3) is 36.7. The molecule has 0 bridgehead atoms. The molecule has 0 aromatic heterocycles. The van der Waals surface area contributed by atoms with Crippen molar-refractivity contribution in [1.82, 2.24) is 0 Å². The van der Waals surface area contributed by atoms with Crippen LogP contribution in [0.15, 0.2) is 0 Å². The molecule has 0 amide bonds. The summed E-state index contributed by atoms with van der Waals surface area (Å²) in [6.07, 6.45) is 0. The van der Waals surface area contributed by atoms with E-state index in [-0.39, 0.29) is 6.42 Å². The molecule has 0 aliphatic heterocycles. The number of alkyl halides is 1. The van der Waals surface area contributed by atoms with Gasteiger partial charge in [-0.1, -0.05) is 22.6 Å². The highest BCUT2D eigenvalue weighted by Crippen LogP contribution is 1.82. The molecule has 0 radical (unpaired) electrons. The van der Waals surface area contributed by atoms with Gasteiger partial charge in [0.25, 0.3) is 0 Å². The van der Waals surface area contributed by atoms with Crippen molar-refractivity contribution in [2.75, 3.05) is 4.93 Å². The van der Waals surface area contributed by atoms with Crippen LogP contribution in [0.1, 0.15) is 13.3 Å². The molecule has 0 unspecified atom stereocenters. The average Bonchev–Trinajstić information content (AvgIpc) is 2.22. The van der Waals surface area contributed by atoms with Gasteiger partial charge in [-0.25, -0.2) is 0 Å². The normalized spacial score (nSPS) is 5.23. The fourth-order valence-electron chi connectivity index (χ4n) is 0.0642. The number of hydrogen-bond acceptors (Lipinski definition) is 4. The number of rotatable bonds is 0. The zero-order chi connectivity index (χ0) is 11.1. The molecule has 13 heavy (non-hydrogen) atoms. The Hall–Kier alpha value is -1.31. The molecule has 0 saturated carbocycles. The van der Waals surface area contributed by atoms with E-state index in [1.807, 2.05) is 4.93 Å². The quantitative estimate of drug-likeness (QED) is 0.504. The summed E-state index contributed by atoms with van der Waals surface area (Å²) in [5.41, 5.74) is 0. The molecule has 0 aliphatic rings. The van der Waals surface area contributed by atoms with Gasteiger partial charge in [-0.05, 0) is 11.9 Å². The Morgan fingerprint density at radius 3 is 1.31 bits per heavy atom. The highest BCUT2D eigenvalue weighted by atomic mass is 127. The van der Waals surface area contributed by atoms with Crippen molar-refractivity contribution in [3.8, 4) is 24.3 Å². The topological polar surface area (TPSA) is 95.2 Å². The van der Waals surface area contributed by atoms with Gasteiger partial charge in [-0.3, -0.25) is 0 Å². The summed E-state index contributed by atoms with van der Waals surface area (Å²) in [7, 11) is 0. The van der Waals surface area contributed by atoms with Gasteiger partial charge in [0.15, 0.2) is 0 Å². The Bertz CT molecular complexity index is 221. The molecule has 0 spiro atoms. The first-order chi connectivity index (χ1) is 6.22. The zero-order valence-electron chi connectivity index (χ0n) is 7.45. The molecule has 68 valence electrons. The minimum atomic E-state index is -0.454. The summed E-state index contributed by atoms with van der Waals surface area (Å²) in [6, 6.07) is 6.82. The minimum Gasteiger partial charge on any atom is -0.197 e. The van der Waals surface area contributed by atoms with Gasteiger partial charge in [0.1, 0.15) is 12.3 Å². The van der Waals surface area contributed by atoms with Gasteiger partial charge in [0, 0.05) is 0 Å². The zero-order valence-corrected chi connectivity index (χ0v) is 9.61. The molecule has 4 nitrogen and oxygen atoms in total. The van der Waals surface area contributed by atoms with Crippen LogP contribution in [0.3, 0.4) is 0 Å². The van der Waals surface area contributed by atoms with Gasteiger partial charge in [-0.15, -0.1) is 0 Å². The Morgan fingerprint density at radius 1 is 1.00 bits per heavy atom. The van der Waals surface area contributed by atoms with Gasteiger partial charge >= 0.3 is 0 Å². The Labute approximate surface area is 92.1 Å². The molecular formula is C8H9IN4. The third-order valence-electron chi connectivity index (χ3n) is 0.545. The van der Waals surface area contributed by atoms with Crippen LogP contribution in [-0.2, 0) is 0 Å². The molecular weight excluding hydrogens is 279 g/mol. The average molecular weight is 288 g/mol. The van der Waals surface area contributed by atoms with Crippen LogP contribution in [0.5, 0.6) is 0 Å². The summed E-state index contributed by atoms with van der Waals surface area (Å²) >= 11 is 2.15. The molecule has 0 saturated heterocycles. The van der Waals surface area contributed by atoms with E-state index in [0.717, 1.165) is 0 Å². The largest absolute Gasteiger partial charge is 0.197 e. The summed E-state index contributed by atoms with van der Waals surface area (Å²) in [5, 5.41) is 30.9. The first-order valence-corrected chi connectivity index (χ1v) is 5.29. The van der Waals surface area contributed by atoms with Crippen molar-refractivity contribution < 1.29 is 0 Å². The van der Waals surface area contributed by atoms with Crippen LogP contribution in [0.4, 0.5) is 0 Å². The van der Waals surface area contributed by atoms with E-state index in [1.54, 1.807) is 31.2 Å². The van der Waals surface area contributed by atoms with Gasteiger partial charge in [0.05, 0.1) is 24.3 Å². The fraction of sp³-hybridized carbons (Fsp3) is 0.500. The molecule has 0 heterocycles. The Balaban J connectivity index is -0.000000131. The second kappa shape index (κ2) is 22.4. The summed E-state index contributed by atoms with van der Waals surface area (Å²) in [5.74, 6) is -0.454. The first-order valence-electron chi connectivity index (χ1n) is 3.13. The van der Waals surface area contributed by atoms with E-state index in [4.69, 9.17) is 21.0 Å². The number of nitrogens with zero attached hydrogens (tertiary/aromatic N) is 4. The van der Waals surface area contributed by atoms with Crippen molar-refractivity contribution in [1.29, 1.82) is 21.0 Å². The molecule has 0 aromatic carbocycles. The SMILES string of the molecule is CC(C#N)C#N.CI.N#CCC#N. The second-order valence-corrected chi connectivity index (χ2v) is 1.47. The van der Waals surface area contributed by atoms with Crippen LogP contribution < -0.4 is 0 Å². The van der Waals surface area contributed by atoms with Crippen molar-refractivity contribution in [2.45, 2.75) is 13.3 Å². The molecule has 0 rings (SSSR count). The van der Waals surface area contributed by atoms with Gasteiger partial charge in [-0.2, -0.15) is 21.0 Å². The van der Waals surface area contributed by atoms with E-state index in [0.29, 0.717) is 0 Å². The fourth-order valence-corrected chi connectivity index (χ4v) is 0.0642. The van der Waals surface area contributed by atoms with Crippen molar-refractivity contribution in [3.05, 3.63) is 0 Å². The predicted molar refractivity (Wildman–Crippen MR) is 56.2 cm³/mol. The monoisotopic (exact) mass is 288 g/mol. The van der Waals surface area contributed by atoms with Gasteiger partial charge in [0.2, 0.25) is 0 Å². The maximum atomic E-state index is 7.86. The molecule has 5 heteroatoms. The first kappa shape index (κ1) is 17.7. The van der Waals surface area contributed by atoms with Crippen molar-refractivity contribution >= 4 is 22.6 Å². The Morgan fingerprint density at radius 2 is 1.31 bits per heavy atom. The van der Waals surface area contributed by atoms with Crippen molar-refractivity contribution in [2.24, 2.45) is 5.92 Å². The lowest BCUT2D eigenvalue weighted by Gasteiger charge is -1.72. The number of nitriles is 4. The summed E-state index contributed by atoms with van der Waals surface area (Å²) in [4.78, 5) is 1.97. The lowest BCUT2D eigenvalue weighted by Crippen LogP contribution is -1.78. The number of hydrogen-bond donors (Lipinski definition) is 0. The van der Waals surface area contributed by atoms with Crippen LogP contribution >= 0.6 is 22.6 Å². The van der Waals surface area contributed by atoms with E-state index >= 15 is 0 Å².